The third-order valence-electron chi connectivity index (χ3n) is 10.2. The van der Waals surface area contributed by atoms with Crippen molar-refractivity contribution in [1.29, 1.82) is 0 Å². The summed E-state index contributed by atoms with van der Waals surface area (Å²) < 4.78 is 8.85. The summed E-state index contributed by atoms with van der Waals surface area (Å²) in [5.41, 5.74) is 14.1. The second-order valence-electron chi connectivity index (χ2n) is 13.3. The average molecular weight is 645 g/mol. The molecule has 0 amide bonds. The van der Waals surface area contributed by atoms with E-state index in [0.717, 1.165) is 61.7 Å². The van der Waals surface area contributed by atoms with Gasteiger partial charge in [0.1, 0.15) is 11.0 Å². The minimum Gasteiger partial charge on any atom is -0.456 e. The highest BCUT2D eigenvalue weighted by atomic mass is 16.3. The van der Waals surface area contributed by atoms with Crippen LogP contribution in [0.15, 0.2) is 156 Å². The van der Waals surface area contributed by atoms with Gasteiger partial charge in [-0.3, -0.25) is 4.99 Å². The lowest BCUT2D eigenvalue weighted by molar-refractivity contribution is 0.570. The van der Waals surface area contributed by atoms with Crippen molar-refractivity contribution >= 4 is 56.3 Å². The molecule has 0 saturated heterocycles. The number of para-hydroxylation sites is 2. The molecule has 3 heteroatoms. The largest absolute Gasteiger partial charge is 0.456 e. The molecule has 8 aromatic rings. The fourth-order valence-electron chi connectivity index (χ4n) is 7.73. The zero-order chi connectivity index (χ0) is 33.8. The van der Waals surface area contributed by atoms with Crippen LogP contribution >= 0.6 is 0 Å². The van der Waals surface area contributed by atoms with Gasteiger partial charge >= 0.3 is 0 Å². The Bertz CT molecular complexity index is 2780. The van der Waals surface area contributed by atoms with Gasteiger partial charge in [-0.05, 0) is 96.6 Å². The molecule has 0 saturated carbocycles. The van der Waals surface area contributed by atoms with Crippen LogP contribution in [0.1, 0.15) is 41.5 Å². The molecule has 0 bridgehead atoms. The van der Waals surface area contributed by atoms with Crippen molar-refractivity contribution in [1.82, 2.24) is 4.57 Å². The van der Waals surface area contributed by atoms with E-state index in [1.165, 1.54) is 38.6 Å². The van der Waals surface area contributed by atoms with E-state index in [-0.39, 0.29) is 5.92 Å². The van der Waals surface area contributed by atoms with Gasteiger partial charge in [-0.1, -0.05) is 110 Å². The SMILES string of the molecule is C=C(N=C(C)c1ccccc1C)c1cccc(-c2cccc3oc4c(c23)=CC(c2ccc3c(c2)c2ccccc2n3-c2ccccc2)CC=4)c1. The van der Waals surface area contributed by atoms with Crippen LogP contribution in [0.4, 0.5) is 0 Å². The van der Waals surface area contributed by atoms with Gasteiger partial charge in [0.2, 0.25) is 0 Å². The highest BCUT2D eigenvalue weighted by Gasteiger charge is 2.19. The van der Waals surface area contributed by atoms with Crippen LogP contribution in [0.25, 0.3) is 67.4 Å². The summed E-state index contributed by atoms with van der Waals surface area (Å²) in [4.78, 5) is 4.93. The Labute approximate surface area is 291 Å². The Kier molecular flexibility index (Phi) is 7.21. The first-order chi connectivity index (χ1) is 24.5. The lowest BCUT2D eigenvalue weighted by Crippen LogP contribution is -2.25. The number of benzene rings is 6. The maximum absolute atomic E-state index is 6.48. The summed E-state index contributed by atoms with van der Waals surface area (Å²) in [6.45, 7) is 8.53. The van der Waals surface area contributed by atoms with Gasteiger partial charge in [-0.2, -0.15) is 0 Å². The smallest absolute Gasteiger partial charge is 0.136 e. The van der Waals surface area contributed by atoms with Crippen molar-refractivity contribution < 1.29 is 4.42 Å². The second-order valence-corrected chi connectivity index (χ2v) is 13.3. The molecule has 1 unspecified atom stereocenters. The van der Waals surface area contributed by atoms with Gasteiger partial charge in [0.15, 0.2) is 0 Å². The molecule has 9 rings (SSSR count). The number of fused-ring (bicyclic) bond motifs is 6. The normalized spacial score (nSPS) is 14.4. The number of hydrogen-bond acceptors (Lipinski definition) is 2. The zero-order valence-electron chi connectivity index (χ0n) is 28.2. The molecule has 1 aliphatic rings. The van der Waals surface area contributed by atoms with Gasteiger partial charge in [-0.15, -0.1) is 0 Å². The number of nitrogens with zero attached hydrogens (tertiary/aromatic N) is 2. The fraction of sp³-hybridized carbons (Fsp3) is 0.0851. The van der Waals surface area contributed by atoms with E-state index < -0.39 is 0 Å². The van der Waals surface area contributed by atoms with Crippen LogP contribution < -0.4 is 10.6 Å². The van der Waals surface area contributed by atoms with E-state index in [9.17, 15) is 0 Å². The van der Waals surface area contributed by atoms with E-state index in [4.69, 9.17) is 9.41 Å². The van der Waals surface area contributed by atoms with Gasteiger partial charge < -0.3 is 8.98 Å². The molecule has 50 heavy (non-hydrogen) atoms. The fourth-order valence-corrected chi connectivity index (χ4v) is 7.73. The molecule has 2 heterocycles. The second kappa shape index (κ2) is 12.0. The molecule has 0 fully saturated rings. The van der Waals surface area contributed by atoms with Crippen molar-refractivity contribution in [2.24, 2.45) is 4.99 Å². The Balaban J connectivity index is 1.13. The molecular formula is C47H36N2O. The molecule has 1 atom stereocenters. The first-order valence-corrected chi connectivity index (χ1v) is 17.3. The molecule has 0 aliphatic heterocycles. The predicted molar refractivity (Wildman–Crippen MR) is 210 cm³/mol. The maximum Gasteiger partial charge on any atom is 0.136 e. The van der Waals surface area contributed by atoms with Crippen molar-refractivity contribution in [3.63, 3.8) is 0 Å². The minimum atomic E-state index is 0.226. The molecule has 240 valence electrons. The summed E-state index contributed by atoms with van der Waals surface area (Å²) in [7, 11) is 0. The lowest BCUT2D eigenvalue weighted by atomic mass is 9.89. The topological polar surface area (TPSA) is 30.4 Å². The predicted octanol–water partition coefficient (Wildman–Crippen LogP) is 10.7. The summed E-state index contributed by atoms with van der Waals surface area (Å²) in [6, 6.07) is 49.6. The quantitative estimate of drug-likeness (QED) is 0.166. The summed E-state index contributed by atoms with van der Waals surface area (Å²) in [6.07, 6.45) is 5.57. The average Bonchev–Trinajstić information content (AvgIpc) is 3.70. The number of aliphatic imine (C=N–C) groups is 1. The first-order valence-electron chi connectivity index (χ1n) is 17.3. The van der Waals surface area contributed by atoms with Crippen LogP contribution in [0.2, 0.25) is 0 Å². The third-order valence-corrected chi connectivity index (χ3v) is 10.2. The van der Waals surface area contributed by atoms with Gasteiger partial charge in [-0.25, -0.2) is 0 Å². The highest BCUT2D eigenvalue weighted by molar-refractivity contribution is 6.09. The monoisotopic (exact) mass is 644 g/mol. The summed E-state index contributed by atoms with van der Waals surface area (Å²) in [5, 5.41) is 4.85. The molecule has 1 aliphatic carbocycles. The molecule has 3 nitrogen and oxygen atoms in total. The Morgan fingerprint density at radius 2 is 1.54 bits per heavy atom. The van der Waals surface area contributed by atoms with Crippen molar-refractivity contribution in [3.05, 3.63) is 179 Å². The standard InChI is InChI=1S/C47H36N2O/c1-30-13-7-8-18-38(30)32(3)48-31(2)33-14-11-15-36(27-33)39-20-12-22-46-47(39)42-29-35(24-26-45(42)50-46)34-23-25-44-41(28-34)40-19-9-10-21-43(40)49(44)37-16-5-4-6-17-37/h4-23,25-29,35H,2,24H2,1,3H3. The minimum absolute atomic E-state index is 0.226. The van der Waals surface area contributed by atoms with Gasteiger partial charge in [0.05, 0.1) is 16.7 Å². The van der Waals surface area contributed by atoms with Crippen LogP contribution in [-0.2, 0) is 0 Å². The highest BCUT2D eigenvalue weighted by Crippen LogP contribution is 2.36. The number of aryl methyl sites for hydroxylation is 1. The van der Waals surface area contributed by atoms with E-state index in [0.29, 0.717) is 0 Å². The molecule has 0 radical (unpaired) electrons. The maximum atomic E-state index is 6.48. The summed E-state index contributed by atoms with van der Waals surface area (Å²) in [5.74, 6) is 0.226. The molecule has 2 aromatic heterocycles. The number of rotatable bonds is 6. The van der Waals surface area contributed by atoms with E-state index in [1.54, 1.807) is 0 Å². The number of aromatic nitrogens is 1. The third kappa shape index (κ3) is 5.02. The van der Waals surface area contributed by atoms with E-state index in [1.807, 2.05) is 0 Å². The van der Waals surface area contributed by atoms with Gasteiger partial charge in [0, 0.05) is 44.3 Å². The number of hydrogen-bond donors (Lipinski definition) is 0. The Morgan fingerprint density at radius 3 is 2.42 bits per heavy atom. The first kappa shape index (κ1) is 29.9. The van der Waals surface area contributed by atoms with Crippen LogP contribution in [0, 0.1) is 6.92 Å². The van der Waals surface area contributed by atoms with Crippen molar-refractivity contribution in [3.8, 4) is 16.8 Å². The van der Waals surface area contributed by atoms with Crippen molar-refractivity contribution in [2.45, 2.75) is 26.2 Å². The Hall–Kier alpha value is -6.19. The van der Waals surface area contributed by atoms with Gasteiger partial charge in [0.25, 0.3) is 0 Å². The molecule has 0 spiro atoms. The van der Waals surface area contributed by atoms with Crippen molar-refractivity contribution in [2.75, 3.05) is 0 Å². The lowest BCUT2D eigenvalue weighted by Gasteiger charge is -2.14. The molecule has 6 aromatic carbocycles. The Morgan fingerprint density at radius 1 is 0.760 bits per heavy atom. The number of furan rings is 1. The van der Waals surface area contributed by atoms with E-state index >= 15 is 0 Å². The van der Waals surface area contributed by atoms with E-state index in [2.05, 4.69) is 177 Å². The summed E-state index contributed by atoms with van der Waals surface area (Å²) >= 11 is 0. The van der Waals surface area contributed by atoms with Crippen LogP contribution in [0.5, 0.6) is 0 Å². The van der Waals surface area contributed by atoms with Crippen LogP contribution in [-0.4, -0.2) is 10.3 Å². The zero-order valence-corrected chi connectivity index (χ0v) is 28.2. The molecule has 0 N–H and O–H groups in total. The van der Waals surface area contributed by atoms with Crippen LogP contribution in [0.3, 0.4) is 0 Å². The molecular weight excluding hydrogens is 609 g/mol.